The van der Waals surface area contributed by atoms with E-state index in [4.69, 9.17) is 23.2 Å². The summed E-state index contributed by atoms with van der Waals surface area (Å²) in [5.41, 5.74) is 5.38. The molecule has 0 radical (unpaired) electrons. The minimum atomic E-state index is -0.460. The van der Waals surface area contributed by atoms with Crippen LogP contribution >= 0.6 is 23.2 Å². The molecule has 0 saturated carbocycles. The van der Waals surface area contributed by atoms with Gasteiger partial charge in [0.2, 0.25) is 6.41 Å². The molecule has 0 spiro atoms. The van der Waals surface area contributed by atoms with Crippen molar-refractivity contribution in [3.05, 3.63) is 28.2 Å². The number of hydrogen-bond acceptors (Lipinski definition) is 4. The highest BCUT2D eigenvalue weighted by atomic mass is 35.5. The normalized spacial score (nSPS) is 13.6. The van der Waals surface area contributed by atoms with Crippen LogP contribution < -0.4 is 21.1 Å². The maximum Gasteiger partial charge on any atom is 0.329 e. The van der Waals surface area contributed by atoms with Crippen molar-refractivity contribution in [2.24, 2.45) is 0 Å². The molecule has 1 aromatic carbocycles. The molecular weight excluding hydrogens is 331 g/mol. The van der Waals surface area contributed by atoms with E-state index in [1.807, 2.05) is 13.8 Å². The smallest absolute Gasteiger partial charge is 0.328 e. The van der Waals surface area contributed by atoms with Crippen LogP contribution in [-0.2, 0) is 9.59 Å². The number of rotatable bonds is 4. The largest absolute Gasteiger partial charge is 0.329 e. The topological polar surface area (TPSA) is 90.5 Å². The minimum absolute atomic E-state index is 0.00294. The molecule has 4 amide bonds. The highest BCUT2D eigenvalue weighted by molar-refractivity contribution is 6.35. The molecular formula is C13H16Cl2N4O3. The summed E-state index contributed by atoms with van der Waals surface area (Å²) in [6.45, 7) is 3.88. The van der Waals surface area contributed by atoms with Crippen molar-refractivity contribution in [2.75, 3.05) is 11.4 Å². The van der Waals surface area contributed by atoms with Crippen molar-refractivity contribution in [3.63, 3.8) is 0 Å². The molecule has 1 fully saturated rings. The zero-order valence-electron chi connectivity index (χ0n) is 12.0. The van der Waals surface area contributed by atoms with Gasteiger partial charge < -0.3 is 5.32 Å². The van der Waals surface area contributed by atoms with E-state index in [9.17, 15) is 14.4 Å². The number of nitrogens with one attached hydrogen (secondary N) is 3. The van der Waals surface area contributed by atoms with Crippen molar-refractivity contribution >= 4 is 47.2 Å². The molecule has 1 aromatic rings. The van der Waals surface area contributed by atoms with E-state index in [0.717, 1.165) is 4.90 Å². The lowest BCUT2D eigenvalue weighted by atomic mass is 10.3. The van der Waals surface area contributed by atoms with Crippen LogP contribution in [0.1, 0.15) is 13.8 Å². The maximum atomic E-state index is 11.4. The van der Waals surface area contributed by atoms with Gasteiger partial charge in [-0.1, -0.05) is 23.2 Å². The fourth-order valence-corrected chi connectivity index (χ4v) is 2.07. The third kappa shape index (κ3) is 5.51. The molecule has 9 heteroatoms. The van der Waals surface area contributed by atoms with Crippen molar-refractivity contribution in [1.82, 2.24) is 16.2 Å². The van der Waals surface area contributed by atoms with Gasteiger partial charge in [-0.25, -0.2) is 15.1 Å². The maximum absolute atomic E-state index is 11.4. The molecule has 120 valence electrons. The summed E-state index contributed by atoms with van der Waals surface area (Å²) in [5.74, 6) is -0.321. The Morgan fingerprint density at radius 3 is 2.18 bits per heavy atom. The average molecular weight is 347 g/mol. The van der Waals surface area contributed by atoms with Gasteiger partial charge in [0.25, 0.3) is 5.91 Å². The van der Waals surface area contributed by atoms with Crippen LogP contribution in [0.25, 0.3) is 0 Å². The van der Waals surface area contributed by atoms with Gasteiger partial charge in [0.05, 0.1) is 12.2 Å². The second-order valence-electron chi connectivity index (χ2n) is 4.58. The van der Waals surface area contributed by atoms with Gasteiger partial charge in [-0.2, -0.15) is 0 Å². The fraction of sp³-hybridized carbons (Fsp3) is 0.308. The molecule has 3 N–H and O–H groups in total. The lowest BCUT2D eigenvalue weighted by molar-refractivity contribution is -0.116. The van der Waals surface area contributed by atoms with Crippen molar-refractivity contribution in [3.8, 4) is 0 Å². The molecule has 1 saturated heterocycles. The number of hydrogen-bond donors (Lipinski definition) is 3. The van der Waals surface area contributed by atoms with Gasteiger partial charge >= 0.3 is 6.03 Å². The van der Waals surface area contributed by atoms with Gasteiger partial charge in [0.15, 0.2) is 0 Å². The first-order valence-electron chi connectivity index (χ1n) is 6.36. The second-order valence-corrected chi connectivity index (χ2v) is 5.45. The van der Waals surface area contributed by atoms with E-state index in [-0.39, 0.29) is 12.5 Å². The van der Waals surface area contributed by atoms with Gasteiger partial charge in [0.1, 0.15) is 0 Å². The highest BCUT2D eigenvalue weighted by Gasteiger charge is 2.30. The first-order chi connectivity index (χ1) is 10.3. The van der Waals surface area contributed by atoms with Crippen LogP contribution in [0.4, 0.5) is 10.5 Å². The highest BCUT2D eigenvalue weighted by Crippen LogP contribution is 2.26. The summed E-state index contributed by atoms with van der Waals surface area (Å²) in [4.78, 5) is 33.2. The molecule has 1 aliphatic rings. The predicted octanol–water partition coefficient (Wildman–Crippen LogP) is 1.69. The molecule has 1 heterocycles. The van der Waals surface area contributed by atoms with Crippen molar-refractivity contribution in [2.45, 2.75) is 19.9 Å². The van der Waals surface area contributed by atoms with E-state index in [2.05, 4.69) is 16.2 Å². The Balaban J connectivity index is 0.000000295. The Hall–Kier alpha value is -1.83. The molecule has 2 rings (SSSR count). The Morgan fingerprint density at radius 1 is 1.23 bits per heavy atom. The third-order valence-corrected chi connectivity index (χ3v) is 2.82. The second kappa shape index (κ2) is 8.57. The summed E-state index contributed by atoms with van der Waals surface area (Å²) in [6, 6.07) is 4.40. The summed E-state index contributed by atoms with van der Waals surface area (Å²) in [7, 11) is 0. The number of halogens is 2. The molecule has 0 aliphatic carbocycles. The van der Waals surface area contributed by atoms with E-state index in [1.165, 1.54) is 18.2 Å². The number of urea groups is 1. The van der Waals surface area contributed by atoms with Crippen molar-refractivity contribution < 1.29 is 14.4 Å². The first kappa shape index (κ1) is 18.2. The number of anilines is 1. The number of hydrazine groups is 1. The van der Waals surface area contributed by atoms with Crippen LogP contribution in [0.5, 0.6) is 0 Å². The quantitative estimate of drug-likeness (QED) is 0.439. The van der Waals surface area contributed by atoms with E-state index in [1.54, 1.807) is 0 Å². The molecule has 0 atom stereocenters. The average Bonchev–Trinajstić information content (AvgIpc) is 2.75. The monoisotopic (exact) mass is 346 g/mol. The number of benzene rings is 1. The van der Waals surface area contributed by atoms with Crippen LogP contribution in [0.15, 0.2) is 18.2 Å². The summed E-state index contributed by atoms with van der Waals surface area (Å²) in [5, 5.41) is 3.17. The summed E-state index contributed by atoms with van der Waals surface area (Å²) < 4.78 is 0. The fourth-order valence-electron chi connectivity index (χ4n) is 1.55. The standard InChI is InChI=1S/C9H6Cl2N2O2.C4H10N2O/c10-5-1-6(11)3-7(2-5)13-8(14)4-12-9(13)15;1-4(2)6-5-3-7/h1-3H,4H2,(H,12,15);3-4,6H,1-2H3,(H,5,7). The SMILES string of the molecule is CC(C)NNC=O.O=C1CNC(=O)N1c1cc(Cl)cc(Cl)c1. The van der Waals surface area contributed by atoms with E-state index >= 15 is 0 Å². The number of imide groups is 1. The number of amides is 4. The van der Waals surface area contributed by atoms with Crippen LogP contribution in [0.3, 0.4) is 0 Å². The first-order valence-corrected chi connectivity index (χ1v) is 7.12. The molecule has 0 bridgehead atoms. The lowest BCUT2D eigenvalue weighted by Gasteiger charge is -2.12. The Morgan fingerprint density at radius 2 is 1.82 bits per heavy atom. The van der Waals surface area contributed by atoms with Gasteiger partial charge in [-0.3, -0.25) is 15.0 Å². The third-order valence-electron chi connectivity index (χ3n) is 2.38. The Labute approximate surface area is 137 Å². The van der Waals surface area contributed by atoms with Crippen molar-refractivity contribution in [1.29, 1.82) is 0 Å². The number of nitrogens with zero attached hydrogens (tertiary/aromatic N) is 1. The zero-order valence-corrected chi connectivity index (χ0v) is 13.5. The number of carbonyl (C=O) groups is 3. The molecule has 1 aliphatic heterocycles. The molecule has 0 aromatic heterocycles. The molecule has 0 unspecified atom stereocenters. The van der Waals surface area contributed by atoms with Crippen LogP contribution in [0.2, 0.25) is 10.0 Å². The minimum Gasteiger partial charge on any atom is -0.328 e. The van der Waals surface area contributed by atoms with Crippen LogP contribution in [0, 0.1) is 0 Å². The van der Waals surface area contributed by atoms with Crippen LogP contribution in [-0.4, -0.2) is 30.9 Å². The Kier molecular flexibility index (Phi) is 7.10. The van der Waals surface area contributed by atoms with Gasteiger partial charge in [0, 0.05) is 16.1 Å². The van der Waals surface area contributed by atoms with E-state index in [0.29, 0.717) is 28.2 Å². The van der Waals surface area contributed by atoms with Gasteiger partial charge in [-0.15, -0.1) is 0 Å². The lowest BCUT2D eigenvalue weighted by Crippen LogP contribution is -2.35. The predicted molar refractivity (Wildman–Crippen MR) is 84.8 cm³/mol. The zero-order chi connectivity index (χ0) is 16.7. The molecule has 22 heavy (non-hydrogen) atoms. The Bertz CT molecular complexity index is 530. The summed E-state index contributed by atoms with van der Waals surface area (Å²) >= 11 is 11.5. The van der Waals surface area contributed by atoms with Gasteiger partial charge in [-0.05, 0) is 32.0 Å². The summed E-state index contributed by atoms with van der Waals surface area (Å²) in [6.07, 6.45) is 0.611. The number of carbonyl (C=O) groups excluding carboxylic acids is 3. The van der Waals surface area contributed by atoms with E-state index < -0.39 is 6.03 Å². The molecule has 7 nitrogen and oxygen atoms in total.